The molecule has 0 bridgehead atoms. The van der Waals surface area contributed by atoms with Crippen molar-refractivity contribution in [2.75, 3.05) is 32.8 Å². The molecule has 1 spiro atoms. The Morgan fingerprint density at radius 1 is 1.00 bits per heavy atom. The number of amides is 2. The van der Waals surface area contributed by atoms with E-state index in [0.29, 0.717) is 25.6 Å². The lowest BCUT2D eigenvalue weighted by Gasteiger charge is -2.42. The molecule has 2 amide bonds. The number of nitrogens with zero attached hydrogens (tertiary/aromatic N) is 1. The maximum Gasteiger partial charge on any atom is 0.242 e. The summed E-state index contributed by atoms with van der Waals surface area (Å²) in [5, 5.41) is 6.25. The van der Waals surface area contributed by atoms with Crippen LogP contribution in [0.25, 0.3) is 0 Å². The molecule has 0 aromatic heterocycles. The molecule has 2 N–H and O–H groups in total. The van der Waals surface area contributed by atoms with Gasteiger partial charge in [0.05, 0.1) is 12.0 Å². The number of likely N-dealkylation sites (tertiary alicyclic amines) is 1. The van der Waals surface area contributed by atoms with Gasteiger partial charge in [-0.3, -0.25) is 9.59 Å². The van der Waals surface area contributed by atoms with Crippen molar-refractivity contribution >= 4 is 11.8 Å². The number of nitrogens with one attached hydrogen (secondary N) is 2. The molecule has 6 heteroatoms. The molecule has 0 aromatic rings. The van der Waals surface area contributed by atoms with Crippen LogP contribution in [0, 0.1) is 17.3 Å². The minimum absolute atomic E-state index is 0.0493. The number of rotatable bonds is 4. The van der Waals surface area contributed by atoms with Gasteiger partial charge in [0.25, 0.3) is 0 Å². The predicted molar refractivity (Wildman–Crippen MR) is 128 cm³/mol. The normalized spacial score (nSPS) is 29.6. The highest BCUT2D eigenvalue weighted by molar-refractivity contribution is 5.90. The summed E-state index contributed by atoms with van der Waals surface area (Å²) in [7, 11) is 0. The first-order valence-corrected chi connectivity index (χ1v) is 13.3. The molecule has 184 valence electrons. The highest BCUT2D eigenvalue weighted by Gasteiger charge is 2.42. The van der Waals surface area contributed by atoms with Gasteiger partial charge in [0.1, 0.15) is 6.04 Å². The Balaban J connectivity index is 1.67. The van der Waals surface area contributed by atoms with Crippen molar-refractivity contribution in [3.05, 3.63) is 0 Å². The van der Waals surface area contributed by atoms with E-state index < -0.39 is 6.04 Å². The molecule has 2 saturated heterocycles. The van der Waals surface area contributed by atoms with Gasteiger partial charge in [-0.15, -0.1) is 0 Å². The summed E-state index contributed by atoms with van der Waals surface area (Å²) < 4.78 is 5.80. The number of piperidine rings is 1. The Labute approximate surface area is 195 Å². The summed E-state index contributed by atoms with van der Waals surface area (Å²) in [6, 6.07) is -0.519. The summed E-state index contributed by atoms with van der Waals surface area (Å²) in [5.74, 6) is 1.20. The molecule has 0 unspecified atom stereocenters. The summed E-state index contributed by atoms with van der Waals surface area (Å²) >= 11 is 0. The van der Waals surface area contributed by atoms with Crippen molar-refractivity contribution in [2.24, 2.45) is 17.3 Å². The number of carbonyl (C=O) groups is 2. The quantitative estimate of drug-likeness (QED) is 0.683. The minimum atomic E-state index is -0.470. The van der Waals surface area contributed by atoms with E-state index in [0.717, 1.165) is 51.1 Å². The standard InChI is InChI=1S/C26H47N3O3/c1-20(2)17-23-24(30)27-21(3)19-32-16-8-7-11-26(25(31)28-23)12-14-29(15-13-26)18-22-9-5-4-6-10-22/h20-23H,4-19H2,1-3H3,(H,27,30)(H,28,31)/t21-,23+/m1/s1. The zero-order valence-corrected chi connectivity index (χ0v) is 20.8. The average Bonchev–Trinajstić information content (AvgIpc) is 2.77. The first-order chi connectivity index (χ1) is 15.4. The van der Waals surface area contributed by atoms with Crippen LogP contribution in [-0.4, -0.2) is 61.6 Å². The van der Waals surface area contributed by atoms with E-state index in [1.165, 1.54) is 38.6 Å². The van der Waals surface area contributed by atoms with Crippen LogP contribution in [0.2, 0.25) is 0 Å². The van der Waals surface area contributed by atoms with E-state index in [1.807, 2.05) is 6.92 Å². The molecular formula is C26H47N3O3. The SMILES string of the molecule is CC(C)C[C@@H]1NC(=O)C2(CCCCOC[C@@H](C)NC1=O)CCN(CC1CCCCC1)CC2. The fourth-order valence-corrected chi connectivity index (χ4v) is 5.82. The molecule has 2 heterocycles. The van der Waals surface area contributed by atoms with Gasteiger partial charge in [-0.2, -0.15) is 0 Å². The zero-order valence-electron chi connectivity index (χ0n) is 20.8. The maximum atomic E-state index is 13.7. The third-order valence-electron chi connectivity index (χ3n) is 7.82. The second-order valence-corrected chi connectivity index (χ2v) is 11.2. The number of carbonyl (C=O) groups excluding carboxylic acids is 2. The Hall–Kier alpha value is -1.14. The summed E-state index contributed by atoms with van der Waals surface area (Å²) in [5.41, 5.74) is -0.349. The summed E-state index contributed by atoms with van der Waals surface area (Å²) in [6.07, 6.45) is 12.2. The third-order valence-corrected chi connectivity index (χ3v) is 7.82. The third kappa shape index (κ3) is 7.44. The van der Waals surface area contributed by atoms with Gasteiger partial charge in [-0.1, -0.05) is 39.5 Å². The number of hydrogen-bond acceptors (Lipinski definition) is 4. The van der Waals surface area contributed by atoms with Gasteiger partial charge in [0.2, 0.25) is 11.8 Å². The largest absolute Gasteiger partial charge is 0.379 e. The Morgan fingerprint density at radius 3 is 2.41 bits per heavy atom. The van der Waals surface area contributed by atoms with Crippen molar-refractivity contribution in [3.63, 3.8) is 0 Å². The van der Waals surface area contributed by atoms with Crippen molar-refractivity contribution < 1.29 is 14.3 Å². The molecule has 2 atom stereocenters. The van der Waals surface area contributed by atoms with E-state index in [-0.39, 0.29) is 23.3 Å². The molecule has 1 aliphatic carbocycles. The molecule has 2 aliphatic heterocycles. The van der Waals surface area contributed by atoms with E-state index in [1.54, 1.807) is 0 Å². The maximum absolute atomic E-state index is 13.7. The fraction of sp³-hybridized carbons (Fsp3) is 0.923. The Kier molecular flexibility index (Phi) is 9.84. The van der Waals surface area contributed by atoms with Crippen LogP contribution in [-0.2, 0) is 14.3 Å². The molecule has 0 aromatic carbocycles. The second kappa shape index (κ2) is 12.4. The Bertz CT molecular complexity index is 595. The molecule has 6 nitrogen and oxygen atoms in total. The molecular weight excluding hydrogens is 402 g/mol. The van der Waals surface area contributed by atoms with Crippen LogP contribution in [0.15, 0.2) is 0 Å². The van der Waals surface area contributed by atoms with Gasteiger partial charge in [0, 0.05) is 19.2 Å². The lowest BCUT2D eigenvalue weighted by Crippen LogP contribution is -2.56. The topological polar surface area (TPSA) is 70.7 Å². The smallest absolute Gasteiger partial charge is 0.242 e. The molecule has 3 aliphatic rings. The van der Waals surface area contributed by atoms with E-state index in [9.17, 15) is 9.59 Å². The molecule has 32 heavy (non-hydrogen) atoms. The van der Waals surface area contributed by atoms with E-state index in [4.69, 9.17) is 4.74 Å². The number of ether oxygens (including phenoxy) is 1. The monoisotopic (exact) mass is 449 g/mol. The van der Waals surface area contributed by atoms with Crippen LogP contribution in [0.4, 0.5) is 0 Å². The molecule has 3 fully saturated rings. The predicted octanol–water partition coefficient (Wildman–Crippen LogP) is 3.89. The van der Waals surface area contributed by atoms with Gasteiger partial charge in [-0.25, -0.2) is 0 Å². The van der Waals surface area contributed by atoms with Gasteiger partial charge >= 0.3 is 0 Å². The van der Waals surface area contributed by atoms with Crippen LogP contribution in [0.3, 0.4) is 0 Å². The van der Waals surface area contributed by atoms with Crippen LogP contribution in [0.1, 0.15) is 91.4 Å². The van der Waals surface area contributed by atoms with Crippen molar-refractivity contribution in [2.45, 2.75) is 103 Å². The number of hydrogen-bond donors (Lipinski definition) is 2. The van der Waals surface area contributed by atoms with Crippen molar-refractivity contribution in [1.29, 1.82) is 0 Å². The van der Waals surface area contributed by atoms with Crippen LogP contribution < -0.4 is 10.6 Å². The summed E-state index contributed by atoms with van der Waals surface area (Å²) in [4.78, 5) is 29.2. The Morgan fingerprint density at radius 2 is 1.72 bits per heavy atom. The van der Waals surface area contributed by atoms with E-state index in [2.05, 4.69) is 29.4 Å². The first-order valence-electron chi connectivity index (χ1n) is 13.3. The molecule has 3 rings (SSSR count). The van der Waals surface area contributed by atoms with E-state index >= 15 is 0 Å². The highest BCUT2D eigenvalue weighted by atomic mass is 16.5. The summed E-state index contributed by atoms with van der Waals surface area (Å²) in [6.45, 7) is 10.6. The second-order valence-electron chi connectivity index (χ2n) is 11.2. The molecule has 0 radical (unpaired) electrons. The van der Waals surface area contributed by atoms with Crippen LogP contribution >= 0.6 is 0 Å². The first kappa shape index (κ1) is 25.5. The van der Waals surface area contributed by atoms with Crippen molar-refractivity contribution in [1.82, 2.24) is 15.5 Å². The average molecular weight is 450 g/mol. The van der Waals surface area contributed by atoms with Gasteiger partial charge in [-0.05, 0) is 76.8 Å². The lowest BCUT2D eigenvalue weighted by atomic mass is 9.73. The van der Waals surface area contributed by atoms with Crippen molar-refractivity contribution in [3.8, 4) is 0 Å². The van der Waals surface area contributed by atoms with Gasteiger partial charge in [0.15, 0.2) is 0 Å². The van der Waals surface area contributed by atoms with Crippen LogP contribution in [0.5, 0.6) is 0 Å². The lowest BCUT2D eigenvalue weighted by molar-refractivity contribution is -0.138. The minimum Gasteiger partial charge on any atom is -0.379 e. The zero-order chi connectivity index (χ0) is 23.0. The molecule has 1 saturated carbocycles. The highest BCUT2D eigenvalue weighted by Crippen LogP contribution is 2.38. The fourth-order valence-electron chi connectivity index (χ4n) is 5.82. The van der Waals surface area contributed by atoms with Gasteiger partial charge < -0.3 is 20.3 Å².